The molecule has 0 fully saturated rings. The zero-order valence-electron chi connectivity index (χ0n) is 17.9. The molecule has 0 aromatic heterocycles. The first-order valence-corrected chi connectivity index (χ1v) is 11.3. The number of carbonyl (C=O) groups is 2. The van der Waals surface area contributed by atoms with Crippen molar-refractivity contribution in [2.75, 3.05) is 6.54 Å². The summed E-state index contributed by atoms with van der Waals surface area (Å²) in [5, 5.41) is 0. The van der Waals surface area contributed by atoms with Crippen molar-refractivity contribution in [3.8, 4) is 0 Å². The number of imide groups is 1. The van der Waals surface area contributed by atoms with E-state index in [-0.39, 0.29) is 11.8 Å². The van der Waals surface area contributed by atoms with Crippen LogP contribution in [0.1, 0.15) is 76.3 Å². The Balaban J connectivity index is 1.21. The number of carbonyl (C=O) groups excluding carboxylic acids is 2. The lowest BCUT2D eigenvalue weighted by molar-refractivity contribution is 0.0651. The van der Waals surface area contributed by atoms with Crippen molar-refractivity contribution in [2.24, 2.45) is 0 Å². The first kappa shape index (κ1) is 21.0. The van der Waals surface area contributed by atoms with Crippen LogP contribution in [0.15, 0.2) is 84.9 Å². The lowest BCUT2D eigenvalue weighted by Gasteiger charge is -2.18. The summed E-state index contributed by atoms with van der Waals surface area (Å²) in [6.45, 7) is 0.517. The Morgan fingerprint density at radius 1 is 0.548 bits per heavy atom. The first-order chi connectivity index (χ1) is 15.3. The Bertz CT molecular complexity index is 939. The number of hydrogen-bond donors (Lipinski definition) is 0. The molecule has 4 rings (SSSR count). The molecule has 0 aliphatic carbocycles. The minimum absolute atomic E-state index is 0.144. The summed E-state index contributed by atoms with van der Waals surface area (Å²) in [6.07, 6.45) is 6.49. The Hall–Kier alpha value is -3.20. The predicted octanol–water partition coefficient (Wildman–Crippen LogP) is 6.46. The van der Waals surface area contributed by atoms with Gasteiger partial charge in [0.1, 0.15) is 0 Å². The van der Waals surface area contributed by atoms with Gasteiger partial charge in [0, 0.05) is 12.5 Å². The summed E-state index contributed by atoms with van der Waals surface area (Å²) in [4.78, 5) is 26.3. The summed E-state index contributed by atoms with van der Waals surface area (Å²) in [5.74, 6) is 0.143. The average molecular weight is 412 g/mol. The van der Waals surface area contributed by atoms with Gasteiger partial charge in [-0.1, -0.05) is 98.5 Å². The van der Waals surface area contributed by atoms with E-state index in [0.717, 1.165) is 32.1 Å². The number of fused-ring (bicyclic) bond motifs is 1. The molecule has 0 N–H and O–H groups in total. The van der Waals surface area contributed by atoms with Crippen LogP contribution in [0, 0.1) is 0 Å². The van der Waals surface area contributed by atoms with E-state index in [1.165, 1.54) is 22.4 Å². The van der Waals surface area contributed by atoms with Crippen LogP contribution in [-0.4, -0.2) is 23.3 Å². The normalized spacial score (nSPS) is 13.1. The van der Waals surface area contributed by atoms with Gasteiger partial charge in [0.05, 0.1) is 11.1 Å². The van der Waals surface area contributed by atoms with E-state index in [1.807, 2.05) is 12.1 Å². The number of hydrogen-bond acceptors (Lipinski definition) is 2. The zero-order valence-corrected chi connectivity index (χ0v) is 17.9. The van der Waals surface area contributed by atoms with Gasteiger partial charge in [0.2, 0.25) is 0 Å². The quantitative estimate of drug-likeness (QED) is 0.284. The van der Waals surface area contributed by atoms with Crippen molar-refractivity contribution >= 4 is 11.8 Å². The molecule has 0 unspecified atom stereocenters. The minimum atomic E-state index is -0.144. The van der Waals surface area contributed by atoms with Gasteiger partial charge in [-0.25, -0.2) is 0 Å². The summed E-state index contributed by atoms with van der Waals surface area (Å²) < 4.78 is 0. The van der Waals surface area contributed by atoms with Crippen LogP contribution in [0.3, 0.4) is 0 Å². The molecule has 0 saturated carbocycles. The molecule has 0 bridgehead atoms. The summed E-state index contributed by atoms with van der Waals surface area (Å²) in [5.41, 5.74) is 3.83. The van der Waals surface area contributed by atoms with E-state index in [0.29, 0.717) is 23.6 Å². The Morgan fingerprint density at radius 2 is 1.00 bits per heavy atom. The number of benzene rings is 3. The molecule has 3 heteroatoms. The van der Waals surface area contributed by atoms with Gasteiger partial charge < -0.3 is 0 Å². The van der Waals surface area contributed by atoms with E-state index >= 15 is 0 Å². The van der Waals surface area contributed by atoms with Crippen molar-refractivity contribution < 1.29 is 9.59 Å². The molecular weight excluding hydrogens is 382 g/mol. The van der Waals surface area contributed by atoms with E-state index in [2.05, 4.69) is 60.7 Å². The predicted molar refractivity (Wildman–Crippen MR) is 124 cm³/mol. The number of rotatable bonds is 10. The number of amides is 2. The third kappa shape index (κ3) is 4.93. The second-order valence-corrected chi connectivity index (χ2v) is 8.24. The lowest BCUT2D eigenvalue weighted by Crippen LogP contribution is -2.30. The second-order valence-electron chi connectivity index (χ2n) is 8.24. The third-order valence-electron chi connectivity index (χ3n) is 6.16. The molecule has 1 aliphatic heterocycles. The molecule has 1 aliphatic rings. The van der Waals surface area contributed by atoms with Crippen molar-refractivity contribution in [2.45, 2.75) is 44.4 Å². The number of unbranched alkanes of at least 4 members (excludes halogenated alkanes) is 4. The molecule has 3 nitrogen and oxygen atoms in total. The van der Waals surface area contributed by atoms with Crippen LogP contribution in [0.5, 0.6) is 0 Å². The molecule has 158 valence electrons. The maximum absolute atomic E-state index is 12.4. The van der Waals surface area contributed by atoms with E-state index < -0.39 is 0 Å². The molecule has 3 aromatic rings. The maximum Gasteiger partial charge on any atom is 0.261 e. The highest BCUT2D eigenvalue weighted by molar-refractivity contribution is 6.21. The minimum Gasteiger partial charge on any atom is -0.274 e. The second kappa shape index (κ2) is 10.2. The monoisotopic (exact) mass is 411 g/mol. The van der Waals surface area contributed by atoms with E-state index in [1.54, 1.807) is 12.1 Å². The van der Waals surface area contributed by atoms with Crippen LogP contribution in [0.25, 0.3) is 0 Å². The standard InChI is InChI=1S/C28H29NO2/c30-27-25-19-11-12-20-26(25)28(31)29(27)21-13-3-1-2-10-18-24(22-14-6-4-7-15-22)23-16-8-5-9-17-23/h4-9,11-12,14-17,19-20,24H,1-3,10,13,18,21H2. The molecule has 0 radical (unpaired) electrons. The van der Waals surface area contributed by atoms with Crippen molar-refractivity contribution in [3.63, 3.8) is 0 Å². The molecule has 2 amide bonds. The highest BCUT2D eigenvalue weighted by Crippen LogP contribution is 2.30. The summed E-state index contributed by atoms with van der Waals surface area (Å²) in [7, 11) is 0. The smallest absolute Gasteiger partial charge is 0.261 e. The SMILES string of the molecule is O=C1c2ccccc2C(=O)N1CCCCCCCC(c1ccccc1)c1ccccc1. The highest BCUT2D eigenvalue weighted by Gasteiger charge is 2.34. The van der Waals surface area contributed by atoms with Crippen LogP contribution in [0.2, 0.25) is 0 Å². The van der Waals surface area contributed by atoms with Crippen LogP contribution in [0.4, 0.5) is 0 Å². The number of nitrogens with zero attached hydrogens (tertiary/aromatic N) is 1. The lowest BCUT2D eigenvalue weighted by atomic mass is 9.87. The summed E-state index contributed by atoms with van der Waals surface area (Å²) in [6, 6.07) is 28.6. The summed E-state index contributed by atoms with van der Waals surface area (Å²) >= 11 is 0. The van der Waals surface area contributed by atoms with Gasteiger partial charge in [0.15, 0.2) is 0 Å². The van der Waals surface area contributed by atoms with E-state index in [9.17, 15) is 9.59 Å². The first-order valence-electron chi connectivity index (χ1n) is 11.3. The van der Waals surface area contributed by atoms with Gasteiger partial charge in [-0.05, 0) is 36.1 Å². The fourth-order valence-corrected chi connectivity index (χ4v) is 4.49. The fourth-order valence-electron chi connectivity index (χ4n) is 4.49. The molecule has 3 aromatic carbocycles. The molecule has 0 saturated heterocycles. The molecule has 31 heavy (non-hydrogen) atoms. The maximum atomic E-state index is 12.4. The van der Waals surface area contributed by atoms with Gasteiger partial charge in [-0.3, -0.25) is 14.5 Å². The largest absolute Gasteiger partial charge is 0.274 e. The Kier molecular flexibility index (Phi) is 6.93. The third-order valence-corrected chi connectivity index (χ3v) is 6.16. The van der Waals surface area contributed by atoms with Crippen molar-refractivity contribution in [1.29, 1.82) is 0 Å². The highest BCUT2D eigenvalue weighted by atomic mass is 16.2. The van der Waals surface area contributed by atoms with Gasteiger partial charge in [-0.2, -0.15) is 0 Å². The van der Waals surface area contributed by atoms with Gasteiger partial charge >= 0.3 is 0 Å². The van der Waals surface area contributed by atoms with Crippen LogP contribution in [-0.2, 0) is 0 Å². The van der Waals surface area contributed by atoms with E-state index in [4.69, 9.17) is 0 Å². The Morgan fingerprint density at radius 3 is 1.55 bits per heavy atom. The van der Waals surface area contributed by atoms with Crippen LogP contribution >= 0.6 is 0 Å². The fraction of sp³-hybridized carbons (Fsp3) is 0.286. The molecule has 0 atom stereocenters. The average Bonchev–Trinajstić information content (AvgIpc) is 3.07. The zero-order chi connectivity index (χ0) is 21.5. The van der Waals surface area contributed by atoms with Crippen molar-refractivity contribution in [3.05, 3.63) is 107 Å². The Labute approximate surface area is 184 Å². The topological polar surface area (TPSA) is 37.4 Å². The molecular formula is C28H29NO2. The van der Waals surface area contributed by atoms with Crippen molar-refractivity contribution in [1.82, 2.24) is 4.90 Å². The molecule has 1 heterocycles. The van der Waals surface area contributed by atoms with Gasteiger partial charge in [0.25, 0.3) is 11.8 Å². The van der Waals surface area contributed by atoms with Crippen LogP contribution < -0.4 is 0 Å². The molecule has 0 spiro atoms. The van der Waals surface area contributed by atoms with Gasteiger partial charge in [-0.15, -0.1) is 0 Å².